The molecule has 2 N–H and O–H groups in total. The molecule has 0 saturated heterocycles. The molecule has 0 bridgehead atoms. The molecule has 5 nitrogen and oxygen atoms in total. The van der Waals surface area contributed by atoms with E-state index in [1.807, 2.05) is 61.5 Å². The summed E-state index contributed by atoms with van der Waals surface area (Å²) in [7, 11) is 1.63. The van der Waals surface area contributed by atoms with Crippen molar-refractivity contribution in [2.24, 2.45) is 0 Å². The van der Waals surface area contributed by atoms with Crippen LogP contribution in [0.3, 0.4) is 0 Å². The lowest BCUT2D eigenvalue weighted by atomic mass is 10.1. The van der Waals surface area contributed by atoms with E-state index in [1.165, 1.54) is 11.8 Å². The maximum atomic E-state index is 12.8. The van der Waals surface area contributed by atoms with Gasteiger partial charge in [-0.2, -0.15) is 0 Å². The third kappa shape index (κ3) is 6.62. The highest BCUT2D eigenvalue weighted by molar-refractivity contribution is 7.99. The highest BCUT2D eigenvalue weighted by atomic mass is 32.2. The first-order chi connectivity index (χ1) is 15.1. The second-order valence-corrected chi connectivity index (χ2v) is 8.03. The van der Waals surface area contributed by atoms with Crippen LogP contribution in [-0.2, 0) is 10.5 Å². The van der Waals surface area contributed by atoms with E-state index in [4.69, 9.17) is 4.74 Å². The quantitative estimate of drug-likeness (QED) is 0.494. The number of anilines is 1. The van der Waals surface area contributed by atoms with Crippen molar-refractivity contribution in [3.8, 4) is 5.75 Å². The van der Waals surface area contributed by atoms with E-state index in [2.05, 4.69) is 10.6 Å². The van der Waals surface area contributed by atoms with Gasteiger partial charge in [-0.1, -0.05) is 54.6 Å². The van der Waals surface area contributed by atoms with Crippen LogP contribution in [0.5, 0.6) is 5.75 Å². The summed E-state index contributed by atoms with van der Waals surface area (Å²) in [6.07, 6.45) is 0. The highest BCUT2D eigenvalue weighted by Crippen LogP contribution is 2.20. The standard InChI is InChI=1S/C25H26N2O3S/c1-18(20-8-4-3-5-9-20)26-25(29)22-10-6-7-11-23(22)27-24(28)17-31-16-19-12-14-21(30-2)15-13-19/h3-15,18H,16-17H2,1-2H3,(H,26,29)(H,27,28)/t18-/m1/s1. The predicted molar refractivity (Wildman–Crippen MR) is 127 cm³/mol. The average Bonchev–Trinajstić information content (AvgIpc) is 2.80. The van der Waals surface area contributed by atoms with Crippen LogP contribution in [0.4, 0.5) is 5.69 Å². The summed E-state index contributed by atoms with van der Waals surface area (Å²) in [5.74, 6) is 1.45. The number of amides is 2. The van der Waals surface area contributed by atoms with E-state index < -0.39 is 0 Å². The molecular weight excluding hydrogens is 408 g/mol. The molecule has 0 saturated carbocycles. The Morgan fingerprint density at radius 1 is 0.935 bits per heavy atom. The van der Waals surface area contributed by atoms with Crippen LogP contribution in [0.1, 0.15) is 34.5 Å². The van der Waals surface area contributed by atoms with E-state index in [-0.39, 0.29) is 17.9 Å². The molecule has 0 aliphatic rings. The Morgan fingerprint density at radius 2 is 1.61 bits per heavy atom. The van der Waals surface area contributed by atoms with Crippen LogP contribution in [0.2, 0.25) is 0 Å². The Hall–Kier alpha value is -3.25. The van der Waals surface area contributed by atoms with Gasteiger partial charge in [-0.15, -0.1) is 11.8 Å². The van der Waals surface area contributed by atoms with Crippen LogP contribution < -0.4 is 15.4 Å². The first-order valence-electron chi connectivity index (χ1n) is 10.0. The fraction of sp³-hybridized carbons (Fsp3) is 0.200. The number of nitrogens with one attached hydrogen (secondary N) is 2. The minimum Gasteiger partial charge on any atom is -0.497 e. The minimum atomic E-state index is -0.224. The zero-order valence-corrected chi connectivity index (χ0v) is 18.4. The molecule has 3 aromatic rings. The Morgan fingerprint density at radius 3 is 2.32 bits per heavy atom. The first kappa shape index (κ1) is 22.4. The van der Waals surface area contributed by atoms with Crippen molar-refractivity contribution < 1.29 is 14.3 Å². The van der Waals surface area contributed by atoms with Crippen molar-refractivity contribution in [1.29, 1.82) is 0 Å². The molecule has 0 aliphatic heterocycles. The molecule has 0 aromatic heterocycles. The number of thioether (sulfide) groups is 1. The summed E-state index contributed by atoms with van der Waals surface area (Å²) in [6, 6.07) is 24.4. The number of hydrogen-bond acceptors (Lipinski definition) is 4. The van der Waals surface area contributed by atoms with Gasteiger partial charge in [0.2, 0.25) is 5.91 Å². The zero-order chi connectivity index (χ0) is 22.1. The van der Waals surface area contributed by atoms with Crippen molar-refractivity contribution in [3.05, 3.63) is 95.6 Å². The molecule has 3 rings (SSSR count). The molecule has 160 valence electrons. The van der Waals surface area contributed by atoms with Crippen LogP contribution in [0.25, 0.3) is 0 Å². The number of benzene rings is 3. The molecule has 6 heteroatoms. The van der Waals surface area contributed by atoms with Crippen molar-refractivity contribution in [2.45, 2.75) is 18.7 Å². The van der Waals surface area contributed by atoms with Gasteiger partial charge >= 0.3 is 0 Å². The number of para-hydroxylation sites is 1. The van der Waals surface area contributed by atoms with Gasteiger partial charge in [0.15, 0.2) is 0 Å². The molecule has 0 heterocycles. The second kappa shape index (κ2) is 11.2. The second-order valence-electron chi connectivity index (χ2n) is 7.04. The van der Waals surface area contributed by atoms with Crippen molar-refractivity contribution in [2.75, 3.05) is 18.2 Å². The maximum absolute atomic E-state index is 12.8. The van der Waals surface area contributed by atoms with Gasteiger partial charge in [0, 0.05) is 5.75 Å². The van der Waals surface area contributed by atoms with Crippen molar-refractivity contribution >= 4 is 29.3 Å². The lowest BCUT2D eigenvalue weighted by Crippen LogP contribution is -2.28. The number of carbonyl (C=O) groups is 2. The lowest BCUT2D eigenvalue weighted by molar-refractivity contribution is -0.113. The van der Waals surface area contributed by atoms with E-state index in [0.29, 0.717) is 22.8 Å². The van der Waals surface area contributed by atoms with Crippen LogP contribution in [-0.4, -0.2) is 24.7 Å². The summed E-state index contributed by atoms with van der Waals surface area (Å²) in [6.45, 7) is 1.93. The fourth-order valence-corrected chi connectivity index (χ4v) is 3.85. The SMILES string of the molecule is COc1ccc(CSCC(=O)Nc2ccccc2C(=O)N[C@H](C)c2ccccc2)cc1. The Labute approximate surface area is 187 Å². The van der Waals surface area contributed by atoms with Crippen LogP contribution in [0.15, 0.2) is 78.9 Å². The van der Waals surface area contributed by atoms with Crippen molar-refractivity contribution in [1.82, 2.24) is 5.32 Å². The number of carbonyl (C=O) groups excluding carboxylic acids is 2. The van der Waals surface area contributed by atoms with E-state index in [0.717, 1.165) is 16.9 Å². The summed E-state index contributed by atoms with van der Waals surface area (Å²) < 4.78 is 5.15. The lowest BCUT2D eigenvalue weighted by Gasteiger charge is -2.16. The third-order valence-corrected chi connectivity index (χ3v) is 5.76. The monoisotopic (exact) mass is 434 g/mol. The average molecular weight is 435 g/mol. The van der Waals surface area contributed by atoms with Crippen molar-refractivity contribution in [3.63, 3.8) is 0 Å². The molecule has 0 fully saturated rings. The van der Waals surface area contributed by atoms with E-state index in [9.17, 15) is 9.59 Å². The molecule has 2 amide bonds. The molecule has 0 radical (unpaired) electrons. The van der Waals surface area contributed by atoms with Gasteiger partial charge in [-0.3, -0.25) is 9.59 Å². The Kier molecular flexibility index (Phi) is 8.12. The largest absolute Gasteiger partial charge is 0.497 e. The molecule has 0 unspecified atom stereocenters. The van der Waals surface area contributed by atoms with Crippen LogP contribution >= 0.6 is 11.8 Å². The normalized spacial score (nSPS) is 11.4. The van der Waals surface area contributed by atoms with Crippen LogP contribution in [0, 0.1) is 0 Å². The van der Waals surface area contributed by atoms with Gasteiger partial charge in [0.05, 0.1) is 30.2 Å². The molecule has 0 aliphatic carbocycles. The molecular formula is C25H26N2O3S. The number of methoxy groups -OCH3 is 1. The summed E-state index contributed by atoms with van der Waals surface area (Å²) in [5.41, 5.74) is 3.09. The topological polar surface area (TPSA) is 67.4 Å². The number of hydrogen-bond donors (Lipinski definition) is 2. The third-order valence-electron chi connectivity index (χ3n) is 4.75. The molecule has 31 heavy (non-hydrogen) atoms. The molecule has 1 atom stereocenters. The van der Waals surface area contributed by atoms with Gasteiger partial charge in [-0.25, -0.2) is 0 Å². The zero-order valence-electron chi connectivity index (χ0n) is 17.6. The Balaban J connectivity index is 1.55. The smallest absolute Gasteiger partial charge is 0.253 e. The summed E-state index contributed by atoms with van der Waals surface area (Å²) in [4.78, 5) is 25.2. The van der Waals surface area contributed by atoms with Gasteiger partial charge in [0.1, 0.15) is 5.75 Å². The van der Waals surface area contributed by atoms with E-state index in [1.54, 1.807) is 31.4 Å². The maximum Gasteiger partial charge on any atom is 0.253 e. The fourth-order valence-electron chi connectivity index (χ4n) is 3.06. The van der Waals surface area contributed by atoms with Gasteiger partial charge < -0.3 is 15.4 Å². The number of rotatable bonds is 9. The molecule has 0 spiro atoms. The van der Waals surface area contributed by atoms with Gasteiger partial charge in [-0.05, 0) is 42.3 Å². The summed E-state index contributed by atoms with van der Waals surface area (Å²) >= 11 is 1.52. The Bertz CT molecular complexity index is 1010. The first-order valence-corrected chi connectivity index (χ1v) is 11.2. The van der Waals surface area contributed by atoms with E-state index >= 15 is 0 Å². The highest BCUT2D eigenvalue weighted by Gasteiger charge is 2.16. The summed E-state index contributed by atoms with van der Waals surface area (Å²) in [5, 5.41) is 5.86. The predicted octanol–water partition coefficient (Wildman–Crippen LogP) is 5.06. The number of ether oxygens (including phenoxy) is 1. The minimum absolute atomic E-state index is 0.141. The van der Waals surface area contributed by atoms with Gasteiger partial charge in [0.25, 0.3) is 5.91 Å². The molecule has 3 aromatic carbocycles.